The minimum Gasteiger partial charge on any atom is -0.481 e. The van der Waals surface area contributed by atoms with Crippen LogP contribution in [0, 0.1) is 5.92 Å². The quantitative estimate of drug-likeness (QED) is 0.782. The molecule has 14 heavy (non-hydrogen) atoms. The zero-order valence-corrected chi connectivity index (χ0v) is 9.08. The molecule has 0 saturated carbocycles. The summed E-state index contributed by atoms with van der Waals surface area (Å²) in [7, 11) is 1.63. The molecule has 0 aliphatic carbocycles. The van der Waals surface area contributed by atoms with Crippen LogP contribution in [0.2, 0.25) is 0 Å². The maximum absolute atomic E-state index is 5.03. The predicted molar refractivity (Wildman–Crippen MR) is 58.7 cm³/mol. The Morgan fingerprint density at radius 1 is 1.50 bits per heavy atom. The lowest BCUT2D eigenvalue weighted by Crippen LogP contribution is -2.04. The zero-order valence-electron chi connectivity index (χ0n) is 9.08. The molecule has 0 fully saturated rings. The Morgan fingerprint density at radius 3 is 2.93 bits per heavy atom. The number of rotatable bonds is 5. The second-order valence-corrected chi connectivity index (χ2v) is 3.70. The SMILES string of the molecule is COc1cc(NCCC(C)C)ccn1. The van der Waals surface area contributed by atoms with E-state index in [1.165, 1.54) is 6.42 Å². The fourth-order valence-corrected chi connectivity index (χ4v) is 1.14. The van der Waals surface area contributed by atoms with Gasteiger partial charge in [-0.25, -0.2) is 4.98 Å². The summed E-state index contributed by atoms with van der Waals surface area (Å²) in [4.78, 5) is 4.04. The second kappa shape index (κ2) is 5.47. The molecule has 0 amide bonds. The smallest absolute Gasteiger partial charge is 0.214 e. The van der Waals surface area contributed by atoms with E-state index in [0.29, 0.717) is 5.88 Å². The van der Waals surface area contributed by atoms with E-state index >= 15 is 0 Å². The highest BCUT2D eigenvalue weighted by atomic mass is 16.5. The van der Waals surface area contributed by atoms with Crippen LogP contribution in [-0.4, -0.2) is 18.6 Å². The highest BCUT2D eigenvalue weighted by Crippen LogP contribution is 2.13. The first-order valence-electron chi connectivity index (χ1n) is 4.96. The monoisotopic (exact) mass is 194 g/mol. The minimum atomic E-state index is 0.652. The Morgan fingerprint density at radius 2 is 2.29 bits per heavy atom. The van der Waals surface area contributed by atoms with Gasteiger partial charge in [0.1, 0.15) is 0 Å². The van der Waals surface area contributed by atoms with E-state index in [0.717, 1.165) is 18.2 Å². The summed E-state index contributed by atoms with van der Waals surface area (Å²) in [6.07, 6.45) is 2.92. The molecule has 1 N–H and O–H groups in total. The van der Waals surface area contributed by atoms with E-state index in [1.54, 1.807) is 13.3 Å². The number of aromatic nitrogens is 1. The third kappa shape index (κ3) is 3.64. The largest absolute Gasteiger partial charge is 0.481 e. The van der Waals surface area contributed by atoms with Gasteiger partial charge in [-0.2, -0.15) is 0 Å². The molecular formula is C11H18N2O. The van der Waals surface area contributed by atoms with Crippen molar-refractivity contribution in [2.45, 2.75) is 20.3 Å². The Hall–Kier alpha value is -1.25. The van der Waals surface area contributed by atoms with Gasteiger partial charge in [-0.15, -0.1) is 0 Å². The number of hydrogen-bond donors (Lipinski definition) is 1. The lowest BCUT2D eigenvalue weighted by molar-refractivity contribution is 0.398. The Labute approximate surface area is 85.5 Å². The minimum absolute atomic E-state index is 0.652. The summed E-state index contributed by atoms with van der Waals surface area (Å²) in [5.74, 6) is 1.38. The van der Waals surface area contributed by atoms with Crippen molar-refractivity contribution in [1.82, 2.24) is 4.98 Å². The lowest BCUT2D eigenvalue weighted by Gasteiger charge is -2.08. The summed E-state index contributed by atoms with van der Waals surface area (Å²) in [6.45, 7) is 5.43. The van der Waals surface area contributed by atoms with Crippen molar-refractivity contribution in [3.63, 3.8) is 0 Å². The maximum Gasteiger partial charge on any atom is 0.214 e. The molecule has 0 saturated heterocycles. The highest BCUT2D eigenvalue weighted by Gasteiger charge is 1.97. The van der Waals surface area contributed by atoms with Gasteiger partial charge in [-0.3, -0.25) is 0 Å². The average Bonchev–Trinajstić information content (AvgIpc) is 2.18. The van der Waals surface area contributed by atoms with Crippen LogP contribution >= 0.6 is 0 Å². The van der Waals surface area contributed by atoms with Crippen molar-refractivity contribution in [3.8, 4) is 5.88 Å². The van der Waals surface area contributed by atoms with Crippen LogP contribution in [0.1, 0.15) is 20.3 Å². The van der Waals surface area contributed by atoms with E-state index in [-0.39, 0.29) is 0 Å². The molecule has 0 atom stereocenters. The van der Waals surface area contributed by atoms with Crippen molar-refractivity contribution in [2.24, 2.45) is 5.92 Å². The highest BCUT2D eigenvalue weighted by molar-refractivity contribution is 5.44. The summed E-state index contributed by atoms with van der Waals surface area (Å²) in [5, 5.41) is 3.33. The Kier molecular flexibility index (Phi) is 4.23. The first-order valence-corrected chi connectivity index (χ1v) is 4.96. The van der Waals surface area contributed by atoms with Crippen molar-refractivity contribution >= 4 is 5.69 Å². The van der Waals surface area contributed by atoms with Gasteiger partial charge in [0.25, 0.3) is 0 Å². The van der Waals surface area contributed by atoms with Crippen molar-refractivity contribution in [3.05, 3.63) is 18.3 Å². The van der Waals surface area contributed by atoms with Crippen molar-refractivity contribution in [1.29, 1.82) is 0 Å². The molecule has 0 aromatic carbocycles. The molecule has 1 heterocycles. The molecule has 3 heteroatoms. The molecule has 0 bridgehead atoms. The molecular weight excluding hydrogens is 176 g/mol. The Balaban J connectivity index is 2.42. The van der Waals surface area contributed by atoms with Gasteiger partial charge in [-0.1, -0.05) is 13.8 Å². The third-order valence-corrected chi connectivity index (χ3v) is 1.99. The summed E-state index contributed by atoms with van der Waals surface area (Å²) < 4.78 is 5.03. The molecule has 1 aromatic heterocycles. The third-order valence-electron chi connectivity index (χ3n) is 1.99. The van der Waals surface area contributed by atoms with E-state index < -0.39 is 0 Å². The van der Waals surface area contributed by atoms with Gasteiger partial charge in [0.05, 0.1) is 7.11 Å². The molecule has 0 aliphatic rings. The average molecular weight is 194 g/mol. The topological polar surface area (TPSA) is 34.1 Å². The van der Waals surface area contributed by atoms with E-state index in [4.69, 9.17) is 4.74 Å². The van der Waals surface area contributed by atoms with Crippen LogP contribution < -0.4 is 10.1 Å². The number of nitrogens with zero attached hydrogens (tertiary/aromatic N) is 1. The molecule has 1 aromatic rings. The van der Waals surface area contributed by atoms with E-state index in [9.17, 15) is 0 Å². The zero-order chi connectivity index (χ0) is 10.4. The summed E-state index contributed by atoms with van der Waals surface area (Å²) in [5.41, 5.74) is 1.07. The van der Waals surface area contributed by atoms with Gasteiger partial charge in [-0.05, 0) is 18.4 Å². The first-order chi connectivity index (χ1) is 6.72. The van der Waals surface area contributed by atoms with Gasteiger partial charge < -0.3 is 10.1 Å². The van der Waals surface area contributed by atoms with Crippen molar-refractivity contribution in [2.75, 3.05) is 19.0 Å². The number of nitrogens with one attached hydrogen (secondary N) is 1. The fourth-order valence-electron chi connectivity index (χ4n) is 1.14. The number of ether oxygens (including phenoxy) is 1. The normalized spacial score (nSPS) is 10.3. The van der Waals surface area contributed by atoms with Crippen LogP contribution in [0.25, 0.3) is 0 Å². The maximum atomic E-state index is 5.03. The predicted octanol–water partition coefficient (Wildman–Crippen LogP) is 2.55. The van der Waals surface area contributed by atoms with Crippen LogP contribution in [0.15, 0.2) is 18.3 Å². The molecule has 78 valence electrons. The van der Waals surface area contributed by atoms with Crippen molar-refractivity contribution < 1.29 is 4.74 Å². The first kappa shape index (κ1) is 10.8. The molecule has 1 rings (SSSR count). The molecule has 0 aliphatic heterocycles. The summed E-state index contributed by atoms with van der Waals surface area (Å²) in [6, 6.07) is 3.85. The van der Waals surface area contributed by atoms with Crippen LogP contribution in [0.5, 0.6) is 5.88 Å². The van der Waals surface area contributed by atoms with Gasteiger partial charge in [0.2, 0.25) is 5.88 Å². The molecule has 0 spiro atoms. The second-order valence-electron chi connectivity index (χ2n) is 3.70. The number of pyridine rings is 1. The van der Waals surface area contributed by atoms with Gasteiger partial charge in [0.15, 0.2) is 0 Å². The molecule has 3 nitrogen and oxygen atoms in total. The number of hydrogen-bond acceptors (Lipinski definition) is 3. The number of anilines is 1. The Bertz CT molecular complexity index is 274. The standard InChI is InChI=1S/C11H18N2O/c1-9(2)4-6-12-10-5-7-13-11(8-10)14-3/h5,7-9H,4,6H2,1-3H3,(H,12,13). The van der Waals surface area contributed by atoms with Gasteiger partial charge in [0, 0.05) is 24.5 Å². The van der Waals surface area contributed by atoms with Crippen LogP contribution in [0.4, 0.5) is 5.69 Å². The molecule has 0 radical (unpaired) electrons. The molecule has 0 unspecified atom stereocenters. The lowest BCUT2D eigenvalue weighted by atomic mass is 10.1. The van der Waals surface area contributed by atoms with Gasteiger partial charge >= 0.3 is 0 Å². The van der Waals surface area contributed by atoms with E-state index in [2.05, 4.69) is 24.1 Å². The summed E-state index contributed by atoms with van der Waals surface area (Å²) >= 11 is 0. The number of methoxy groups -OCH3 is 1. The van der Waals surface area contributed by atoms with Crippen LogP contribution in [0.3, 0.4) is 0 Å². The fraction of sp³-hybridized carbons (Fsp3) is 0.545. The van der Waals surface area contributed by atoms with E-state index in [1.807, 2.05) is 12.1 Å². The van der Waals surface area contributed by atoms with Crippen LogP contribution in [-0.2, 0) is 0 Å².